The summed E-state index contributed by atoms with van der Waals surface area (Å²) in [5.74, 6) is 0.0503. The van der Waals surface area contributed by atoms with Crippen LogP contribution in [0.3, 0.4) is 0 Å². The van der Waals surface area contributed by atoms with E-state index in [9.17, 15) is 4.39 Å². The van der Waals surface area contributed by atoms with Crippen molar-refractivity contribution in [2.75, 3.05) is 7.11 Å². The Kier molecular flexibility index (Phi) is 4.36. The van der Waals surface area contributed by atoms with Crippen molar-refractivity contribution in [3.05, 3.63) is 79.0 Å². The van der Waals surface area contributed by atoms with Crippen LogP contribution in [-0.2, 0) is 0 Å². The maximum absolute atomic E-state index is 14.1. The second-order valence-corrected chi connectivity index (χ2v) is 7.59. The summed E-state index contributed by atoms with van der Waals surface area (Å²) >= 11 is 0. The first-order chi connectivity index (χ1) is 16.2. The van der Waals surface area contributed by atoms with Gasteiger partial charge in [0.1, 0.15) is 22.8 Å². The Hall–Kier alpha value is -4.59. The van der Waals surface area contributed by atoms with Crippen LogP contribution in [0.5, 0.6) is 5.75 Å². The minimum atomic E-state index is -0.385. The highest BCUT2D eigenvalue weighted by atomic mass is 19.1. The number of ether oxygens (including phenoxy) is 1. The zero-order valence-electron chi connectivity index (χ0n) is 17.5. The number of aromatic amines is 2. The van der Waals surface area contributed by atoms with Crippen LogP contribution in [0.1, 0.15) is 0 Å². The first kappa shape index (κ1) is 19.1. The van der Waals surface area contributed by atoms with Crippen LogP contribution in [0, 0.1) is 5.82 Å². The summed E-state index contributed by atoms with van der Waals surface area (Å²) in [7, 11) is 1.51. The average molecular weight is 436 g/mol. The topological polar surface area (TPSA) is 92.4 Å². The summed E-state index contributed by atoms with van der Waals surface area (Å²) < 4.78 is 19.4. The fourth-order valence-corrected chi connectivity index (χ4v) is 3.99. The van der Waals surface area contributed by atoms with Crippen LogP contribution in [-0.4, -0.2) is 37.2 Å². The van der Waals surface area contributed by atoms with Crippen LogP contribution < -0.4 is 4.74 Å². The second-order valence-electron chi connectivity index (χ2n) is 7.59. The van der Waals surface area contributed by atoms with Gasteiger partial charge in [-0.1, -0.05) is 0 Å². The number of nitrogens with one attached hydrogen (secondary N) is 2. The molecule has 33 heavy (non-hydrogen) atoms. The zero-order valence-corrected chi connectivity index (χ0v) is 17.5. The lowest BCUT2D eigenvalue weighted by molar-refractivity contribution is 0.411. The van der Waals surface area contributed by atoms with Crippen molar-refractivity contribution in [3.63, 3.8) is 0 Å². The molecular weight excluding hydrogens is 419 g/mol. The van der Waals surface area contributed by atoms with Gasteiger partial charge in [0.25, 0.3) is 0 Å². The number of rotatable bonds is 4. The summed E-state index contributed by atoms with van der Waals surface area (Å²) in [6.07, 6.45) is 5.20. The quantitative estimate of drug-likeness (QED) is 0.387. The highest BCUT2D eigenvalue weighted by Gasteiger charge is 2.16. The standard InChI is InChI=1S/C25H17FN6O/c1-33-17-10-15(9-16(26)11-17)23-18-12-22(29-20(18)6-8-28-23)25-24-21(31-32-25)5-4-19(30-24)14-3-2-7-27-13-14/h2-13,29H,1H3,(H,31,32). The van der Waals surface area contributed by atoms with Gasteiger partial charge in [-0.25, -0.2) is 9.37 Å². The van der Waals surface area contributed by atoms with E-state index in [2.05, 4.69) is 25.1 Å². The molecule has 0 aliphatic rings. The Labute approximate surface area is 187 Å². The lowest BCUT2D eigenvalue weighted by Gasteiger charge is -2.06. The van der Waals surface area contributed by atoms with Gasteiger partial charge >= 0.3 is 0 Å². The molecule has 8 heteroatoms. The van der Waals surface area contributed by atoms with E-state index in [1.807, 2.05) is 36.4 Å². The minimum Gasteiger partial charge on any atom is -0.497 e. The van der Waals surface area contributed by atoms with Crippen LogP contribution in [0.25, 0.3) is 55.8 Å². The summed E-state index contributed by atoms with van der Waals surface area (Å²) in [5.41, 5.74) is 6.91. The number of H-pyrrole nitrogens is 2. The van der Waals surface area contributed by atoms with E-state index in [0.717, 1.165) is 38.9 Å². The first-order valence-electron chi connectivity index (χ1n) is 10.3. The molecule has 6 aromatic rings. The van der Waals surface area contributed by atoms with Gasteiger partial charge in [-0.3, -0.25) is 15.1 Å². The Morgan fingerprint density at radius 3 is 2.70 bits per heavy atom. The molecule has 0 amide bonds. The van der Waals surface area contributed by atoms with Gasteiger partial charge in [0.15, 0.2) is 0 Å². The molecule has 160 valence electrons. The number of aromatic nitrogens is 6. The van der Waals surface area contributed by atoms with Gasteiger partial charge < -0.3 is 9.72 Å². The molecule has 0 fully saturated rings. The van der Waals surface area contributed by atoms with E-state index in [-0.39, 0.29) is 5.82 Å². The molecule has 0 saturated heterocycles. The number of fused-ring (bicyclic) bond motifs is 2. The van der Waals surface area contributed by atoms with E-state index in [0.29, 0.717) is 22.7 Å². The van der Waals surface area contributed by atoms with Crippen LogP contribution in [0.4, 0.5) is 4.39 Å². The Bertz CT molecular complexity index is 1620. The molecule has 7 nitrogen and oxygen atoms in total. The monoisotopic (exact) mass is 436 g/mol. The SMILES string of the molecule is COc1cc(F)cc(-c2nccc3[nH]c(-c4n[nH]c5ccc(-c6cccnc6)nc45)cc23)c1. The van der Waals surface area contributed by atoms with E-state index in [1.165, 1.54) is 19.2 Å². The molecule has 0 spiro atoms. The highest BCUT2D eigenvalue weighted by molar-refractivity contribution is 5.99. The number of benzene rings is 1. The maximum atomic E-state index is 14.1. The third kappa shape index (κ3) is 3.28. The van der Waals surface area contributed by atoms with Crippen molar-refractivity contribution in [2.24, 2.45) is 0 Å². The van der Waals surface area contributed by atoms with E-state index in [1.54, 1.807) is 24.7 Å². The Morgan fingerprint density at radius 1 is 0.909 bits per heavy atom. The molecule has 0 bridgehead atoms. The second kappa shape index (κ2) is 7.52. The predicted molar refractivity (Wildman–Crippen MR) is 124 cm³/mol. The van der Waals surface area contributed by atoms with Crippen molar-refractivity contribution in [2.45, 2.75) is 0 Å². The van der Waals surface area contributed by atoms with Crippen LogP contribution >= 0.6 is 0 Å². The smallest absolute Gasteiger partial charge is 0.135 e. The number of methoxy groups -OCH3 is 1. The Morgan fingerprint density at radius 2 is 1.85 bits per heavy atom. The highest BCUT2D eigenvalue weighted by Crippen LogP contribution is 2.34. The largest absolute Gasteiger partial charge is 0.497 e. The van der Waals surface area contributed by atoms with Crippen LogP contribution in [0.15, 0.2) is 73.2 Å². The molecule has 1 aromatic carbocycles. The van der Waals surface area contributed by atoms with Gasteiger partial charge in [-0.05, 0) is 48.5 Å². The number of nitrogens with zero attached hydrogens (tertiary/aromatic N) is 4. The van der Waals surface area contributed by atoms with Gasteiger partial charge in [-0.2, -0.15) is 5.10 Å². The summed E-state index contributed by atoms with van der Waals surface area (Å²) in [6.45, 7) is 0. The molecule has 0 radical (unpaired) electrons. The van der Waals surface area contributed by atoms with Crippen molar-refractivity contribution in [1.29, 1.82) is 0 Å². The fraction of sp³-hybridized carbons (Fsp3) is 0.0400. The molecular formula is C25H17FN6O. The summed E-state index contributed by atoms with van der Waals surface area (Å²) in [5, 5.41) is 8.40. The minimum absolute atomic E-state index is 0.385. The molecule has 6 rings (SSSR count). The third-order valence-electron chi connectivity index (χ3n) is 5.55. The van der Waals surface area contributed by atoms with E-state index < -0.39 is 0 Å². The van der Waals surface area contributed by atoms with Crippen molar-refractivity contribution >= 4 is 21.9 Å². The molecule has 0 aliphatic heterocycles. The summed E-state index contributed by atoms with van der Waals surface area (Å²) in [4.78, 5) is 16.9. The normalized spacial score (nSPS) is 11.3. The Balaban J connectivity index is 1.50. The van der Waals surface area contributed by atoms with E-state index in [4.69, 9.17) is 9.72 Å². The zero-order chi connectivity index (χ0) is 22.4. The molecule has 0 atom stereocenters. The molecule has 5 aromatic heterocycles. The van der Waals surface area contributed by atoms with Crippen molar-refractivity contribution < 1.29 is 9.13 Å². The van der Waals surface area contributed by atoms with Crippen molar-refractivity contribution in [3.8, 4) is 39.7 Å². The van der Waals surface area contributed by atoms with Gasteiger partial charge in [0.2, 0.25) is 0 Å². The van der Waals surface area contributed by atoms with Gasteiger partial charge in [0.05, 0.1) is 29.7 Å². The average Bonchev–Trinajstić information content (AvgIpc) is 3.47. The number of hydrogen-bond acceptors (Lipinski definition) is 5. The molecule has 0 unspecified atom stereocenters. The number of halogens is 1. The number of pyridine rings is 3. The molecule has 0 saturated carbocycles. The molecule has 2 N–H and O–H groups in total. The van der Waals surface area contributed by atoms with Gasteiger partial charge in [0, 0.05) is 46.7 Å². The van der Waals surface area contributed by atoms with Crippen LogP contribution in [0.2, 0.25) is 0 Å². The molecule has 0 aliphatic carbocycles. The predicted octanol–water partition coefficient (Wildman–Crippen LogP) is 5.38. The van der Waals surface area contributed by atoms with Gasteiger partial charge in [-0.15, -0.1) is 0 Å². The third-order valence-corrected chi connectivity index (χ3v) is 5.55. The van der Waals surface area contributed by atoms with Crippen molar-refractivity contribution in [1.82, 2.24) is 30.1 Å². The lowest BCUT2D eigenvalue weighted by atomic mass is 10.1. The first-order valence-corrected chi connectivity index (χ1v) is 10.3. The fourth-order valence-electron chi connectivity index (χ4n) is 3.99. The number of hydrogen-bond donors (Lipinski definition) is 2. The van der Waals surface area contributed by atoms with E-state index >= 15 is 0 Å². The maximum Gasteiger partial charge on any atom is 0.135 e. The lowest BCUT2D eigenvalue weighted by Crippen LogP contribution is -1.89. The summed E-state index contributed by atoms with van der Waals surface area (Å²) in [6, 6.07) is 16.1. The molecule has 5 heterocycles.